The second-order valence-electron chi connectivity index (χ2n) is 6.36. The first-order chi connectivity index (χ1) is 14.3. The second kappa shape index (κ2) is 8.35. The van der Waals surface area contributed by atoms with Crippen LogP contribution in [0, 0.1) is 0 Å². The molecule has 0 saturated heterocycles. The summed E-state index contributed by atoms with van der Waals surface area (Å²) in [5.41, 5.74) is 4.68. The first-order valence-electron chi connectivity index (χ1n) is 9.17. The maximum Gasteiger partial charge on any atom is 0.338 e. The smallest absolute Gasteiger partial charge is 0.338 e. The summed E-state index contributed by atoms with van der Waals surface area (Å²) < 4.78 is 6.84. The Balaban J connectivity index is 1.90. The van der Waals surface area contributed by atoms with Gasteiger partial charge in [-0.25, -0.2) is 9.48 Å². The maximum atomic E-state index is 12.5. The molecule has 2 aromatic carbocycles. The number of para-hydroxylation sites is 1. The minimum atomic E-state index is -0.414. The highest BCUT2D eigenvalue weighted by molar-refractivity contribution is 6.21. The third-order valence-electron chi connectivity index (χ3n) is 4.51. The first-order valence-corrected chi connectivity index (χ1v) is 9.17. The number of benzene rings is 2. The molecule has 2 heterocycles. The lowest BCUT2D eigenvalue weighted by Gasteiger charge is -2.06. The van der Waals surface area contributed by atoms with E-state index in [2.05, 4.69) is 4.98 Å². The Morgan fingerprint density at radius 2 is 1.59 bits per heavy atom. The van der Waals surface area contributed by atoms with E-state index in [1.165, 1.54) is 7.11 Å². The first kappa shape index (κ1) is 18.4. The molecule has 0 bridgehead atoms. The molecule has 0 aliphatic carbocycles. The molecule has 0 spiro atoms. The normalized spacial score (nSPS) is 11.3. The van der Waals surface area contributed by atoms with Gasteiger partial charge in [0.25, 0.3) is 0 Å². The van der Waals surface area contributed by atoms with Gasteiger partial charge in [0.2, 0.25) is 0 Å². The van der Waals surface area contributed by atoms with Crippen LogP contribution in [-0.2, 0) is 9.53 Å². The van der Waals surface area contributed by atoms with E-state index in [0.29, 0.717) is 5.57 Å². The molecule has 0 amide bonds. The van der Waals surface area contributed by atoms with Crippen LogP contribution in [0.2, 0.25) is 0 Å². The highest BCUT2D eigenvalue weighted by atomic mass is 16.5. The molecule has 5 heteroatoms. The Bertz CT molecular complexity index is 1130. The highest BCUT2D eigenvalue weighted by Gasteiger charge is 2.16. The van der Waals surface area contributed by atoms with Crippen molar-refractivity contribution in [2.45, 2.75) is 0 Å². The van der Waals surface area contributed by atoms with Gasteiger partial charge in [-0.2, -0.15) is 5.10 Å². The van der Waals surface area contributed by atoms with Gasteiger partial charge in [-0.3, -0.25) is 4.98 Å². The van der Waals surface area contributed by atoms with E-state index in [9.17, 15) is 4.79 Å². The van der Waals surface area contributed by atoms with Gasteiger partial charge in [-0.05, 0) is 35.9 Å². The molecule has 0 N–H and O–H groups in total. The number of aromatic nitrogens is 3. The number of ether oxygens (including phenoxy) is 1. The Morgan fingerprint density at radius 3 is 2.24 bits per heavy atom. The van der Waals surface area contributed by atoms with Crippen LogP contribution in [-0.4, -0.2) is 27.8 Å². The van der Waals surface area contributed by atoms with Crippen molar-refractivity contribution in [1.29, 1.82) is 0 Å². The van der Waals surface area contributed by atoms with E-state index < -0.39 is 5.97 Å². The number of hydrogen-bond donors (Lipinski definition) is 0. The summed E-state index contributed by atoms with van der Waals surface area (Å²) in [6.07, 6.45) is 7.03. The number of carbonyl (C=O) groups is 1. The van der Waals surface area contributed by atoms with Crippen molar-refractivity contribution in [1.82, 2.24) is 14.8 Å². The van der Waals surface area contributed by atoms with E-state index in [4.69, 9.17) is 9.84 Å². The summed E-state index contributed by atoms with van der Waals surface area (Å²) in [4.78, 5) is 16.5. The van der Waals surface area contributed by atoms with Crippen LogP contribution in [0.4, 0.5) is 0 Å². The monoisotopic (exact) mass is 381 g/mol. The van der Waals surface area contributed by atoms with E-state index in [0.717, 1.165) is 28.1 Å². The van der Waals surface area contributed by atoms with Crippen molar-refractivity contribution in [3.05, 3.63) is 103 Å². The summed E-state index contributed by atoms with van der Waals surface area (Å²) in [6.45, 7) is 0. The topological polar surface area (TPSA) is 57.0 Å². The van der Waals surface area contributed by atoms with E-state index in [1.807, 2.05) is 77.6 Å². The quantitative estimate of drug-likeness (QED) is 0.373. The molecule has 0 unspecified atom stereocenters. The molecule has 0 radical (unpaired) electrons. The Kier molecular flexibility index (Phi) is 5.29. The van der Waals surface area contributed by atoms with Crippen LogP contribution in [0.1, 0.15) is 11.1 Å². The third-order valence-corrected chi connectivity index (χ3v) is 4.51. The number of carbonyl (C=O) groups excluding carboxylic acids is 1. The van der Waals surface area contributed by atoms with E-state index in [1.54, 1.807) is 24.5 Å². The van der Waals surface area contributed by atoms with Gasteiger partial charge in [0.05, 0.1) is 24.1 Å². The highest BCUT2D eigenvalue weighted by Crippen LogP contribution is 2.28. The largest absolute Gasteiger partial charge is 0.465 e. The molecule has 0 aliphatic heterocycles. The van der Waals surface area contributed by atoms with Gasteiger partial charge in [0.15, 0.2) is 0 Å². The number of hydrogen-bond acceptors (Lipinski definition) is 4. The summed E-state index contributed by atoms with van der Waals surface area (Å²) in [5, 5.41) is 4.79. The van der Waals surface area contributed by atoms with E-state index >= 15 is 0 Å². The summed E-state index contributed by atoms with van der Waals surface area (Å²) in [5.74, 6) is -0.414. The van der Waals surface area contributed by atoms with Crippen LogP contribution in [0.5, 0.6) is 0 Å². The van der Waals surface area contributed by atoms with Crippen LogP contribution in [0.25, 0.3) is 28.6 Å². The summed E-state index contributed by atoms with van der Waals surface area (Å²) in [7, 11) is 1.38. The molecular formula is C24H19N3O2. The summed E-state index contributed by atoms with van der Waals surface area (Å²) >= 11 is 0. The van der Waals surface area contributed by atoms with Crippen molar-refractivity contribution in [2.24, 2.45) is 0 Å². The van der Waals surface area contributed by atoms with Gasteiger partial charge < -0.3 is 4.74 Å². The number of rotatable bonds is 5. The molecule has 4 rings (SSSR count). The minimum absolute atomic E-state index is 0.414. The van der Waals surface area contributed by atoms with Crippen molar-refractivity contribution in [3.8, 4) is 16.9 Å². The van der Waals surface area contributed by atoms with Gasteiger partial charge in [0.1, 0.15) is 0 Å². The number of nitrogens with zero attached hydrogens (tertiary/aromatic N) is 3. The average molecular weight is 381 g/mol. The molecule has 0 fully saturated rings. The van der Waals surface area contributed by atoms with Gasteiger partial charge >= 0.3 is 5.97 Å². The predicted octanol–water partition coefficient (Wildman–Crippen LogP) is 4.65. The van der Waals surface area contributed by atoms with Crippen LogP contribution >= 0.6 is 0 Å². The van der Waals surface area contributed by atoms with Crippen LogP contribution < -0.4 is 0 Å². The fourth-order valence-electron chi connectivity index (χ4n) is 3.08. The fourth-order valence-corrected chi connectivity index (χ4v) is 3.08. The Hall–Kier alpha value is -3.99. The molecule has 0 atom stereocenters. The minimum Gasteiger partial charge on any atom is -0.465 e. The molecule has 5 nitrogen and oxygen atoms in total. The second-order valence-corrected chi connectivity index (χ2v) is 6.36. The lowest BCUT2D eigenvalue weighted by molar-refractivity contribution is -0.133. The standard InChI is InChI=1S/C24H19N3O2/c1-29-24(28)22(18-12-14-25-15-13-18)16-20-17-27(21-10-6-3-7-11-21)26-23(20)19-8-4-2-5-9-19/h2-17H,1H3/b22-16+. The zero-order valence-corrected chi connectivity index (χ0v) is 15.9. The SMILES string of the molecule is COC(=O)/C(=C/c1cn(-c2ccccc2)nc1-c1ccccc1)c1ccncc1. The van der Waals surface area contributed by atoms with Crippen LogP contribution in [0.15, 0.2) is 91.4 Å². The van der Waals surface area contributed by atoms with Gasteiger partial charge in [0, 0.05) is 29.7 Å². The lowest BCUT2D eigenvalue weighted by atomic mass is 10.0. The number of pyridine rings is 1. The Labute approximate surface area is 168 Å². The maximum absolute atomic E-state index is 12.5. The third kappa shape index (κ3) is 3.99. The van der Waals surface area contributed by atoms with Crippen molar-refractivity contribution < 1.29 is 9.53 Å². The molecule has 2 aromatic heterocycles. The van der Waals surface area contributed by atoms with Gasteiger partial charge in [-0.1, -0.05) is 48.5 Å². The lowest BCUT2D eigenvalue weighted by Crippen LogP contribution is -2.04. The molecule has 4 aromatic rings. The van der Waals surface area contributed by atoms with Crippen molar-refractivity contribution in [2.75, 3.05) is 7.11 Å². The molecular weight excluding hydrogens is 362 g/mol. The molecule has 0 saturated carbocycles. The average Bonchev–Trinajstić information content (AvgIpc) is 3.23. The number of esters is 1. The fraction of sp³-hybridized carbons (Fsp3) is 0.0417. The van der Waals surface area contributed by atoms with Crippen LogP contribution in [0.3, 0.4) is 0 Å². The zero-order chi connectivity index (χ0) is 20.1. The number of methoxy groups -OCH3 is 1. The molecule has 0 aliphatic rings. The van der Waals surface area contributed by atoms with E-state index in [-0.39, 0.29) is 0 Å². The van der Waals surface area contributed by atoms with Gasteiger partial charge in [-0.15, -0.1) is 0 Å². The summed E-state index contributed by atoms with van der Waals surface area (Å²) in [6, 6.07) is 23.3. The zero-order valence-electron chi connectivity index (χ0n) is 15.9. The Morgan fingerprint density at radius 1 is 0.931 bits per heavy atom. The predicted molar refractivity (Wildman–Crippen MR) is 113 cm³/mol. The van der Waals surface area contributed by atoms with Crippen molar-refractivity contribution >= 4 is 17.6 Å². The van der Waals surface area contributed by atoms with Crippen molar-refractivity contribution in [3.63, 3.8) is 0 Å². The molecule has 29 heavy (non-hydrogen) atoms. The molecule has 142 valence electrons.